The molecule has 4 heterocycles. The Hall–Kier alpha value is -6.91. The highest BCUT2D eigenvalue weighted by molar-refractivity contribution is 5.87. The first-order chi connectivity index (χ1) is 28.3. The lowest BCUT2D eigenvalue weighted by molar-refractivity contribution is -0.134. The van der Waals surface area contributed by atoms with E-state index in [1.807, 2.05) is 79.7 Å². The number of nitrogens with one attached hydrogen (secondary N) is 5. The van der Waals surface area contributed by atoms with Gasteiger partial charge in [0.2, 0.25) is 0 Å². The lowest BCUT2D eigenvalue weighted by Gasteiger charge is -2.28. The number of hydroxylamine groups is 1. The van der Waals surface area contributed by atoms with Crippen LogP contribution in [0.4, 0.5) is 9.59 Å². The van der Waals surface area contributed by atoms with Gasteiger partial charge >= 0.3 is 12.2 Å². The third-order valence-corrected chi connectivity index (χ3v) is 9.89. The van der Waals surface area contributed by atoms with Crippen molar-refractivity contribution in [3.8, 4) is 33.9 Å². The van der Waals surface area contributed by atoms with Gasteiger partial charge in [0.1, 0.15) is 17.7 Å². The van der Waals surface area contributed by atoms with Crippen molar-refractivity contribution in [1.82, 2.24) is 50.9 Å². The Labute approximate surface area is 334 Å². The molecule has 298 valence electrons. The molecule has 1 saturated heterocycles. The maximum absolute atomic E-state index is 13.9. The molecule has 1 aliphatic rings. The molecule has 1 aliphatic heterocycles. The van der Waals surface area contributed by atoms with Gasteiger partial charge in [0.05, 0.1) is 62.7 Å². The zero-order chi connectivity index (χ0) is 40.4. The first-order valence-corrected chi connectivity index (χ1v) is 18.8. The van der Waals surface area contributed by atoms with Crippen molar-refractivity contribution in [2.75, 3.05) is 27.4 Å². The van der Waals surface area contributed by atoms with Gasteiger partial charge in [0, 0.05) is 30.1 Å². The van der Waals surface area contributed by atoms with Crippen molar-refractivity contribution in [3.63, 3.8) is 0 Å². The van der Waals surface area contributed by atoms with Gasteiger partial charge in [-0.25, -0.2) is 29.5 Å². The summed E-state index contributed by atoms with van der Waals surface area (Å²) >= 11 is 0. The fraction of sp³-hybridized carbons (Fsp3) is 0.262. The van der Waals surface area contributed by atoms with E-state index in [2.05, 4.69) is 46.0 Å². The summed E-state index contributed by atoms with van der Waals surface area (Å²) in [5.74, 6) is 1.65. The van der Waals surface area contributed by atoms with E-state index in [1.54, 1.807) is 41.8 Å². The number of hydrogen-bond acceptors (Lipinski definition) is 11. The summed E-state index contributed by atoms with van der Waals surface area (Å²) in [7, 11) is 2.59. The molecular formula is C42H44N10O6. The number of H-pyrrole nitrogens is 2. The average molecular weight is 785 g/mol. The Morgan fingerprint density at radius 1 is 0.741 bits per heavy atom. The van der Waals surface area contributed by atoms with E-state index in [-0.39, 0.29) is 24.6 Å². The van der Waals surface area contributed by atoms with Crippen LogP contribution in [0, 0.1) is 0 Å². The highest BCUT2D eigenvalue weighted by Gasteiger charge is 2.37. The number of imidazole rings is 2. The third kappa shape index (κ3) is 9.20. The van der Waals surface area contributed by atoms with Gasteiger partial charge in [-0.2, -0.15) is 5.48 Å². The number of alkyl carbamates (subject to hydrolysis) is 2. The Morgan fingerprint density at radius 2 is 1.36 bits per heavy atom. The normalized spacial score (nSPS) is 15.3. The van der Waals surface area contributed by atoms with Gasteiger partial charge in [-0.3, -0.25) is 9.63 Å². The van der Waals surface area contributed by atoms with Gasteiger partial charge in [0.15, 0.2) is 5.82 Å². The number of carbonyl (C=O) groups excluding carboxylic acids is 3. The summed E-state index contributed by atoms with van der Waals surface area (Å²) < 4.78 is 9.58. The van der Waals surface area contributed by atoms with Gasteiger partial charge in [-0.1, -0.05) is 84.9 Å². The molecule has 3 amide bonds. The van der Waals surface area contributed by atoms with Crippen molar-refractivity contribution >= 4 is 18.1 Å². The summed E-state index contributed by atoms with van der Waals surface area (Å²) in [5, 5.41) is 5.48. The minimum atomic E-state index is -0.897. The molecule has 0 unspecified atom stereocenters. The van der Waals surface area contributed by atoms with Crippen molar-refractivity contribution < 1.29 is 28.7 Å². The number of methoxy groups -OCH3 is 2. The summed E-state index contributed by atoms with van der Waals surface area (Å²) in [6, 6.07) is 24.6. The molecule has 3 aromatic heterocycles. The van der Waals surface area contributed by atoms with Gasteiger partial charge < -0.3 is 35.0 Å². The second kappa shape index (κ2) is 18.4. The second-order valence-electron chi connectivity index (χ2n) is 13.7. The zero-order valence-corrected chi connectivity index (χ0v) is 32.2. The van der Waals surface area contributed by atoms with Crippen LogP contribution in [0.1, 0.15) is 66.7 Å². The van der Waals surface area contributed by atoms with E-state index in [1.165, 1.54) is 14.2 Å². The van der Waals surface area contributed by atoms with Gasteiger partial charge in [0.25, 0.3) is 5.91 Å². The first-order valence-electron chi connectivity index (χ1n) is 18.8. The van der Waals surface area contributed by atoms with Crippen LogP contribution in [0.2, 0.25) is 0 Å². The van der Waals surface area contributed by atoms with E-state index in [4.69, 9.17) is 14.3 Å². The molecule has 0 spiro atoms. The standard InChI is InChI=1S/C42H44N10O6/c1-26(51-58-25-34(49-41(54)56-2)27-11-6-4-7-12-27)37-45-23-32(47-37)28-16-18-30(19-17-28)38-43-21-31(22-44-38)33-24-46-39(48-33)35-15-10-20-52(35)40(53)36(50-42(55)57-3)29-13-8-5-9-14-29/h4-9,11-14,16-19,21-24,26,34-36,51H,10,15,20,25H2,1-3H3,(H,45,47)(H,46,48)(H,49,54)(H,50,55)/t26-,34-,35-,36+/m0/s1. The van der Waals surface area contributed by atoms with E-state index in [0.29, 0.717) is 29.6 Å². The predicted molar refractivity (Wildman–Crippen MR) is 213 cm³/mol. The number of rotatable bonds is 14. The first kappa shape index (κ1) is 39.3. The minimum Gasteiger partial charge on any atom is -0.453 e. The van der Waals surface area contributed by atoms with Crippen LogP contribution in [0.5, 0.6) is 0 Å². The fourth-order valence-corrected chi connectivity index (χ4v) is 6.78. The second-order valence-corrected chi connectivity index (χ2v) is 13.7. The summed E-state index contributed by atoms with van der Waals surface area (Å²) in [4.78, 5) is 70.6. The van der Waals surface area contributed by atoms with Crippen LogP contribution in [0.15, 0.2) is 110 Å². The Balaban J connectivity index is 0.959. The number of amides is 3. The number of hydrogen-bond donors (Lipinski definition) is 5. The SMILES string of the molecule is COC(=O)N[C@@H](CON[C@@H](C)c1ncc(-c2ccc(-c3ncc(-c4cnc([C@@H]5CCCN5C(=O)[C@H](NC(=O)OC)c5ccccc5)[nH]4)cn3)cc2)[nH]1)c1ccccc1. The number of nitrogens with zero attached hydrogens (tertiary/aromatic N) is 5. The fourth-order valence-electron chi connectivity index (χ4n) is 6.78. The van der Waals surface area contributed by atoms with Crippen molar-refractivity contribution in [2.24, 2.45) is 0 Å². The number of carbonyl (C=O) groups is 3. The molecule has 5 N–H and O–H groups in total. The quantitative estimate of drug-likeness (QED) is 0.0770. The summed E-state index contributed by atoms with van der Waals surface area (Å²) in [5.41, 5.74) is 8.61. The Bertz CT molecular complexity index is 2280. The molecule has 0 aliphatic carbocycles. The molecule has 4 atom stereocenters. The Morgan fingerprint density at radius 3 is 2.05 bits per heavy atom. The van der Waals surface area contributed by atoms with Crippen molar-refractivity contribution in [3.05, 3.63) is 132 Å². The van der Waals surface area contributed by atoms with Crippen LogP contribution in [0.25, 0.3) is 33.9 Å². The monoisotopic (exact) mass is 784 g/mol. The molecular weight excluding hydrogens is 741 g/mol. The third-order valence-electron chi connectivity index (χ3n) is 9.89. The molecule has 1 fully saturated rings. The molecule has 16 nitrogen and oxygen atoms in total. The summed E-state index contributed by atoms with van der Waals surface area (Å²) in [6.07, 6.45) is 7.25. The number of aromatic amines is 2. The minimum absolute atomic E-state index is 0.167. The molecule has 0 radical (unpaired) electrons. The molecule has 0 bridgehead atoms. The maximum Gasteiger partial charge on any atom is 0.407 e. The topological polar surface area (TPSA) is 201 Å². The number of ether oxygens (including phenoxy) is 2. The maximum atomic E-state index is 13.9. The zero-order valence-electron chi connectivity index (χ0n) is 32.2. The van der Waals surface area contributed by atoms with E-state index in [0.717, 1.165) is 46.5 Å². The number of benzene rings is 3. The van der Waals surface area contributed by atoms with E-state index < -0.39 is 24.3 Å². The van der Waals surface area contributed by atoms with Gasteiger partial charge in [-0.15, -0.1) is 0 Å². The number of aromatic nitrogens is 6. The molecule has 16 heteroatoms. The van der Waals surface area contributed by atoms with Crippen LogP contribution < -0.4 is 16.1 Å². The van der Waals surface area contributed by atoms with Crippen LogP contribution >= 0.6 is 0 Å². The van der Waals surface area contributed by atoms with Crippen LogP contribution in [-0.2, 0) is 19.1 Å². The lowest BCUT2D eigenvalue weighted by Crippen LogP contribution is -2.42. The number of likely N-dealkylation sites (tertiary alicyclic amines) is 1. The molecule has 7 rings (SSSR count). The molecule has 0 saturated carbocycles. The molecule has 3 aromatic carbocycles. The van der Waals surface area contributed by atoms with Gasteiger partial charge in [-0.05, 0) is 36.5 Å². The summed E-state index contributed by atoms with van der Waals surface area (Å²) in [6.45, 7) is 2.62. The lowest BCUT2D eigenvalue weighted by atomic mass is 10.1. The predicted octanol–water partition coefficient (Wildman–Crippen LogP) is 6.36. The molecule has 6 aromatic rings. The smallest absolute Gasteiger partial charge is 0.407 e. The average Bonchev–Trinajstić information content (AvgIpc) is 4.08. The van der Waals surface area contributed by atoms with E-state index in [9.17, 15) is 14.4 Å². The highest BCUT2D eigenvalue weighted by Crippen LogP contribution is 2.34. The highest BCUT2D eigenvalue weighted by atomic mass is 16.6. The van der Waals surface area contributed by atoms with Crippen molar-refractivity contribution in [2.45, 2.75) is 43.9 Å². The molecule has 58 heavy (non-hydrogen) atoms. The van der Waals surface area contributed by atoms with Crippen LogP contribution in [0.3, 0.4) is 0 Å². The Kier molecular flexibility index (Phi) is 12.4. The van der Waals surface area contributed by atoms with Crippen molar-refractivity contribution in [1.29, 1.82) is 0 Å². The van der Waals surface area contributed by atoms with Crippen LogP contribution in [-0.4, -0.2) is 80.3 Å². The largest absolute Gasteiger partial charge is 0.453 e. The van der Waals surface area contributed by atoms with E-state index >= 15 is 0 Å².